The minimum Gasteiger partial charge on any atom is -0.386 e. The van der Waals surface area contributed by atoms with Gasteiger partial charge in [0.2, 0.25) is 0 Å². The summed E-state index contributed by atoms with van der Waals surface area (Å²) in [5.41, 5.74) is 0. The third-order valence-electron chi connectivity index (χ3n) is 2.24. The standard InChI is InChI=1S/C8H17NO4/c1-9(2)5-6(10)8(12-4)13-7(5)11-3/h5-8,10H,1-4H3/t5-,6-,7-,8+/m0/s1. The van der Waals surface area contributed by atoms with Gasteiger partial charge in [-0.3, -0.25) is 4.90 Å². The zero-order valence-electron chi connectivity index (χ0n) is 8.43. The lowest BCUT2D eigenvalue weighted by molar-refractivity contribution is -0.202. The van der Waals surface area contributed by atoms with Gasteiger partial charge >= 0.3 is 0 Å². The van der Waals surface area contributed by atoms with Crippen molar-refractivity contribution in [2.45, 2.75) is 24.7 Å². The number of hydrogen-bond donors (Lipinski definition) is 1. The Morgan fingerprint density at radius 1 is 1.15 bits per heavy atom. The Morgan fingerprint density at radius 3 is 2.00 bits per heavy atom. The van der Waals surface area contributed by atoms with Crippen molar-refractivity contribution >= 4 is 0 Å². The monoisotopic (exact) mass is 191 g/mol. The van der Waals surface area contributed by atoms with Gasteiger partial charge in [-0.05, 0) is 14.1 Å². The Kier molecular flexibility index (Phi) is 3.63. The van der Waals surface area contributed by atoms with E-state index < -0.39 is 18.7 Å². The number of rotatable bonds is 3. The first-order valence-electron chi connectivity index (χ1n) is 4.17. The molecule has 0 aliphatic carbocycles. The van der Waals surface area contributed by atoms with Crippen LogP contribution in [0.1, 0.15) is 0 Å². The van der Waals surface area contributed by atoms with Crippen molar-refractivity contribution in [3.05, 3.63) is 0 Å². The van der Waals surface area contributed by atoms with Gasteiger partial charge in [0.15, 0.2) is 12.6 Å². The van der Waals surface area contributed by atoms with E-state index in [4.69, 9.17) is 14.2 Å². The zero-order chi connectivity index (χ0) is 10.0. The second-order valence-electron chi connectivity index (χ2n) is 3.29. The van der Waals surface area contributed by atoms with E-state index in [-0.39, 0.29) is 6.04 Å². The Labute approximate surface area is 78.2 Å². The SMILES string of the molecule is CO[C@@H]1O[C@H](OC)[C@@H](N(C)C)[C@@H]1O. The van der Waals surface area contributed by atoms with Crippen LogP contribution in [0.5, 0.6) is 0 Å². The molecule has 0 radical (unpaired) electrons. The summed E-state index contributed by atoms with van der Waals surface area (Å²) in [5, 5.41) is 9.75. The summed E-state index contributed by atoms with van der Waals surface area (Å²) >= 11 is 0. The van der Waals surface area contributed by atoms with Gasteiger partial charge in [0, 0.05) is 14.2 Å². The van der Waals surface area contributed by atoms with Crippen LogP contribution in [0, 0.1) is 0 Å². The molecule has 1 rings (SSSR count). The summed E-state index contributed by atoms with van der Waals surface area (Å²) in [5.74, 6) is 0. The fraction of sp³-hybridized carbons (Fsp3) is 1.00. The smallest absolute Gasteiger partial charge is 0.187 e. The molecular weight excluding hydrogens is 174 g/mol. The number of aliphatic hydroxyl groups excluding tert-OH is 1. The predicted octanol–water partition coefficient (Wildman–Crippen LogP) is -0.747. The fourth-order valence-electron chi connectivity index (χ4n) is 1.55. The summed E-state index contributed by atoms with van der Waals surface area (Å²) in [6.45, 7) is 0. The molecule has 1 aliphatic rings. The molecule has 13 heavy (non-hydrogen) atoms. The van der Waals surface area contributed by atoms with Gasteiger partial charge in [0.25, 0.3) is 0 Å². The number of methoxy groups -OCH3 is 2. The minimum atomic E-state index is -0.676. The first kappa shape index (κ1) is 10.9. The van der Waals surface area contributed by atoms with Gasteiger partial charge in [-0.15, -0.1) is 0 Å². The Hall–Kier alpha value is -0.200. The maximum atomic E-state index is 9.75. The highest BCUT2D eigenvalue weighted by Gasteiger charge is 2.45. The lowest BCUT2D eigenvalue weighted by Gasteiger charge is -2.25. The minimum absolute atomic E-state index is 0.185. The number of nitrogens with zero attached hydrogens (tertiary/aromatic N) is 1. The molecule has 0 spiro atoms. The molecule has 4 atom stereocenters. The Morgan fingerprint density at radius 2 is 1.69 bits per heavy atom. The highest BCUT2D eigenvalue weighted by atomic mass is 16.8. The van der Waals surface area contributed by atoms with Gasteiger partial charge in [-0.2, -0.15) is 0 Å². The summed E-state index contributed by atoms with van der Waals surface area (Å²) < 4.78 is 15.4. The van der Waals surface area contributed by atoms with E-state index in [2.05, 4.69) is 0 Å². The van der Waals surface area contributed by atoms with Crippen LogP contribution in [-0.2, 0) is 14.2 Å². The molecule has 78 valence electrons. The summed E-state index contributed by atoms with van der Waals surface area (Å²) in [6.07, 6.45) is -1.71. The van der Waals surface area contributed by atoms with Crippen molar-refractivity contribution in [3.63, 3.8) is 0 Å². The van der Waals surface area contributed by atoms with E-state index in [0.717, 1.165) is 0 Å². The molecule has 1 N–H and O–H groups in total. The second kappa shape index (κ2) is 4.34. The maximum absolute atomic E-state index is 9.75. The van der Waals surface area contributed by atoms with E-state index in [0.29, 0.717) is 0 Å². The number of ether oxygens (including phenoxy) is 3. The molecule has 1 saturated heterocycles. The molecule has 5 heteroatoms. The molecule has 1 fully saturated rings. The predicted molar refractivity (Wildman–Crippen MR) is 46.2 cm³/mol. The first-order chi connectivity index (χ1) is 6.11. The molecule has 1 aliphatic heterocycles. The van der Waals surface area contributed by atoms with E-state index in [9.17, 15) is 5.11 Å². The van der Waals surface area contributed by atoms with Crippen LogP contribution in [0.25, 0.3) is 0 Å². The molecule has 0 aromatic carbocycles. The molecule has 1 heterocycles. The maximum Gasteiger partial charge on any atom is 0.187 e. The topological polar surface area (TPSA) is 51.2 Å². The van der Waals surface area contributed by atoms with Gasteiger partial charge in [-0.1, -0.05) is 0 Å². The van der Waals surface area contributed by atoms with Crippen LogP contribution in [0.4, 0.5) is 0 Å². The molecule has 0 aromatic rings. The Balaban J connectivity index is 2.68. The van der Waals surface area contributed by atoms with Crippen LogP contribution in [0.3, 0.4) is 0 Å². The van der Waals surface area contributed by atoms with Crippen LogP contribution < -0.4 is 0 Å². The largest absolute Gasteiger partial charge is 0.386 e. The molecule has 0 saturated carbocycles. The van der Waals surface area contributed by atoms with Crippen molar-refractivity contribution in [2.24, 2.45) is 0 Å². The summed E-state index contributed by atoms with van der Waals surface area (Å²) in [4.78, 5) is 1.86. The molecule has 0 aromatic heterocycles. The van der Waals surface area contributed by atoms with Gasteiger partial charge in [0.05, 0.1) is 6.04 Å². The average Bonchev–Trinajstić information content (AvgIpc) is 2.41. The van der Waals surface area contributed by atoms with Crippen molar-refractivity contribution in [2.75, 3.05) is 28.3 Å². The lowest BCUT2D eigenvalue weighted by atomic mass is 10.1. The number of likely N-dealkylation sites (N-methyl/N-ethyl adjacent to an activating group) is 1. The molecule has 0 amide bonds. The van der Waals surface area contributed by atoms with Crippen LogP contribution >= 0.6 is 0 Å². The van der Waals surface area contributed by atoms with Gasteiger partial charge in [0.1, 0.15) is 6.10 Å². The average molecular weight is 191 g/mol. The van der Waals surface area contributed by atoms with E-state index in [1.165, 1.54) is 7.11 Å². The van der Waals surface area contributed by atoms with Crippen molar-refractivity contribution < 1.29 is 19.3 Å². The van der Waals surface area contributed by atoms with Crippen LogP contribution in [0.15, 0.2) is 0 Å². The van der Waals surface area contributed by atoms with Crippen molar-refractivity contribution in [3.8, 4) is 0 Å². The zero-order valence-corrected chi connectivity index (χ0v) is 8.43. The van der Waals surface area contributed by atoms with E-state index >= 15 is 0 Å². The van der Waals surface area contributed by atoms with Gasteiger partial charge in [-0.25, -0.2) is 0 Å². The van der Waals surface area contributed by atoms with Gasteiger partial charge < -0.3 is 19.3 Å². The van der Waals surface area contributed by atoms with E-state index in [1.807, 2.05) is 19.0 Å². The van der Waals surface area contributed by atoms with E-state index in [1.54, 1.807) is 7.11 Å². The second-order valence-corrected chi connectivity index (χ2v) is 3.29. The highest BCUT2D eigenvalue weighted by molar-refractivity contribution is 4.87. The lowest BCUT2D eigenvalue weighted by Crippen LogP contribution is -2.44. The quantitative estimate of drug-likeness (QED) is 0.636. The first-order valence-corrected chi connectivity index (χ1v) is 4.17. The summed E-state index contributed by atoms with van der Waals surface area (Å²) in [6, 6.07) is -0.185. The Bertz CT molecular complexity index is 162. The van der Waals surface area contributed by atoms with Crippen molar-refractivity contribution in [1.82, 2.24) is 4.90 Å². The summed E-state index contributed by atoms with van der Waals surface area (Å²) in [7, 11) is 6.77. The van der Waals surface area contributed by atoms with Crippen LogP contribution in [0.2, 0.25) is 0 Å². The molecular formula is C8H17NO4. The van der Waals surface area contributed by atoms with Crippen LogP contribution in [-0.4, -0.2) is 63.0 Å². The highest BCUT2D eigenvalue weighted by Crippen LogP contribution is 2.24. The van der Waals surface area contributed by atoms with Crippen molar-refractivity contribution in [1.29, 1.82) is 0 Å². The fourth-order valence-corrected chi connectivity index (χ4v) is 1.55. The number of hydrogen-bond acceptors (Lipinski definition) is 5. The third kappa shape index (κ3) is 2.00. The normalized spacial score (nSPS) is 40.2. The molecule has 5 nitrogen and oxygen atoms in total. The number of aliphatic hydroxyl groups is 1. The molecule has 0 bridgehead atoms. The molecule has 0 unspecified atom stereocenters. The third-order valence-corrected chi connectivity index (χ3v) is 2.24.